The molecule has 1 aromatic rings. The minimum absolute atomic E-state index is 0.275. The summed E-state index contributed by atoms with van der Waals surface area (Å²) in [5, 5.41) is 2.04. The van der Waals surface area contributed by atoms with E-state index >= 15 is 0 Å². The fourth-order valence-electron chi connectivity index (χ4n) is 1.11. The molecule has 1 atom stereocenters. The molecule has 2 N–H and O–H groups in total. The second-order valence-electron chi connectivity index (χ2n) is 4.02. The lowest BCUT2D eigenvalue weighted by atomic mass is 10.1. The van der Waals surface area contributed by atoms with Crippen molar-refractivity contribution in [3.8, 4) is 11.8 Å². The van der Waals surface area contributed by atoms with Gasteiger partial charge >= 0.3 is 0 Å². The molecule has 2 nitrogen and oxygen atoms in total. The van der Waals surface area contributed by atoms with E-state index in [0.717, 1.165) is 5.56 Å². The molecule has 16 heavy (non-hydrogen) atoms. The van der Waals surface area contributed by atoms with Crippen LogP contribution in [0.1, 0.15) is 31.2 Å². The van der Waals surface area contributed by atoms with Gasteiger partial charge in [0, 0.05) is 10.4 Å². The third-order valence-corrected chi connectivity index (χ3v) is 3.38. The van der Waals surface area contributed by atoms with Gasteiger partial charge in [0.25, 0.3) is 0 Å². The van der Waals surface area contributed by atoms with Crippen molar-refractivity contribution in [2.24, 2.45) is 11.7 Å². The predicted octanol–water partition coefficient (Wildman–Crippen LogP) is 2.62. The molecule has 1 unspecified atom stereocenters. The minimum Gasteiger partial charge on any atom is -0.373 e. The number of nitrogens with two attached hydrogens (primary N) is 1. The molecule has 0 amide bonds. The van der Waals surface area contributed by atoms with Gasteiger partial charge in [-0.2, -0.15) is 0 Å². The Morgan fingerprint density at radius 3 is 2.81 bits per heavy atom. The van der Waals surface area contributed by atoms with Crippen molar-refractivity contribution < 1.29 is 4.74 Å². The third kappa shape index (κ3) is 3.97. The Kier molecular flexibility index (Phi) is 5.54. The van der Waals surface area contributed by atoms with Crippen LogP contribution in [-0.4, -0.2) is 12.6 Å². The highest BCUT2D eigenvalue weighted by Gasteiger charge is 2.09. The molecule has 1 aromatic heterocycles. The summed E-state index contributed by atoms with van der Waals surface area (Å²) in [5.41, 5.74) is 6.40. The highest BCUT2D eigenvalue weighted by Crippen LogP contribution is 2.18. The van der Waals surface area contributed by atoms with Crippen LogP contribution in [0.4, 0.5) is 0 Å². The first kappa shape index (κ1) is 13.2. The van der Waals surface area contributed by atoms with Crippen LogP contribution >= 0.6 is 11.3 Å². The molecular formula is C13H19NOS. The fraction of sp³-hybridized carbons (Fsp3) is 0.538. The molecule has 0 saturated heterocycles. The Morgan fingerprint density at radius 1 is 1.44 bits per heavy atom. The Hall–Kier alpha value is -0.820. The summed E-state index contributed by atoms with van der Waals surface area (Å²) in [5.74, 6) is 6.47. The molecule has 0 saturated carbocycles. The first-order valence-electron chi connectivity index (χ1n) is 5.52. The summed E-state index contributed by atoms with van der Waals surface area (Å²) in [4.78, 5) is 1.19. The molecule has 0 aliphatic carbocycles. The lowest BCUT2D eigenvalue weighted by Gasteiger charge is -2.15. The topological polar surface area (TPSA) is 35.2 Å². The van der Waals surface area contributed by atoms with Gasteiger partial charge in [-0.3, -0.25) is 0 Å². The molecule has 0 radical (unpaired) electrons. The Bertz CT molecular complexity index is 373. The van der Waals surface area contributed by atoms with Gasteiger partial charge in [0.15, 0.2) is 0 Å². The van der Waals surface area contributed by atoms with Gasteiger partial charge in [0.05, 0.1) is 19.3 Å². The van der Waals surface area contributed by atoms with E-state index in [4.69, 9.17) is 10.5 Å². The Labute approximate surface area is 102 Å². The van der Waals surface area contributed by atoms with Crippen LogP contribution in [0.15, 0.2) is 11.4 Å². The third-order valence-electron chi connectivity index (χ3n) is 2.49. The van der Waals surface area contributed by atoms with Crippen molar-refractivity contribution in [1.82, 2.24) is 0 Å². The van der Waals surface area contributed by atoms with Gasteiger partial charge in [-0.05, 0) is 24.3 Å². The number of rotatable bonds is 4. The summed E-state index contributed by atoms with van der Waals surface area (Å²) in [7, 11) is 0. The van der Waals surface area contributed by atoms with E-state index < -0.39 is 0 Å². The molecule has 3 heteroatoms. The van der Waals surface area contributed by atoms with Crippen molar-refractivity contribution in [1.29, 1.82) is 0 Å². The van der Waals surface area contributed by atoms with Crippen molar-refractivity contribution in [3.05, 3.63) is 21.9 Å². The second kappa shape index (κ2) is 6.70. The van der Waals surface area contributed by atoms with Crippen molar-refractivity contribution in [3.63, 3.8) is 0 Å². The zero-order chi connectivity index (χ0) is 12.0. The maximum atomic E-state index is 5.78. The summed E-state index contributed by atoms with van der Waals surface area (Å²) < 4.78 is 5.78. The van der Waals surface area contributed by atoms with Crippen LogP contribution < -0.4 is 5.73 Å². The van der Waals surface area contributed by atoms with Gasteiger partial charge in [0.1, 0.15) is 0 Å². The highest BCUT2D eigenvalue weighted by atomic mass is 32.1. The monoisotopic (exact) mass is 237 g/mol. The molecule has 0 aliphatic rings. The highest BCUT2D eigenvalue weighted by molar-refractivity contribution is 7.10. The van der Waals surface area contributed by atoms with E-state index in [1.165, 1.54) is 4.88 Å². The lowest BCUT2D eigenvalue weighted by molar-refractivity contribution is 0.0248. The fourth-order valence-corrected chi connectivity index (χ4v) is 1.86. The van der Waals surface area contributed by atoms with Crippen LogP contribution in [0.25, 0.3) is 0 Å². The van der Waals surface area contributed by atoms with Crippen LogP contribution in [0.5, 0.6) is 0 Å². The molecule has 0 aromatic carbocycles. The molecule has 0 fully saturated rings. The van der Waals surface area contributed by atoms with E-state index in [1.807, 2.05) is 11.4 Å². The maximum Gasteiger partial charge on any atom is 0.0825 e. The first-order valence-corrected chi connectivity index (χ1v) is 6.40. The maximum absolute atomic E-state index is 5.78. The standard InChI is InChI=1S/C13H19NOS/c1-10(2)11(3)15-9-13-12(5-4-7-14)6-8-16-13/h6,8,10-11H,7,9,14H2,1-3H3. The molecule has 0 spiro atoms. The predicted molar refractivity (Wildman–Crippen MR) is 69.3 cm³/mol. The number of hydrogen-bond donors (Lipinski definition) is 1. The Morgan fingerprint density at radius 2 is 2.19 bits per heavy atom. The number of hydrogen-bond acceptors (Lipinski definition) is 3. The molecule has 0 aliphatic heterocycles. The smallest absolute Gasteiger partial charge is 0.0825 e. The number of ether oxygens (including phenoxy) is 1. The van der Waals surface area contributed by atoms with E-state index in [-0.39, 0.29) is 6.10 Å². The lowest BCUT2D eigenvalue weighted by Crippen LogP contribution is -2.14. The van der Waals surface area contributed by atoms with E-state index in [9.17, 15) is 0 Å². The van der Waals surface area contributed by atoms with Crippen LogP contribution in [0.2, 0.25) is 0 Å². The summed E-state index contributed by atoms with van der Waals surface area (Å²) in [6, 6.07) is 2.02. The largest absolute Gasteiger partial charge is 0.373 e. The summed E-state index contributed by atoms with van der Waals surface area (Å²) >= 11 is 1.69. The Balaban J connectivity index is 2.57. The SMILES string of the molecule is CC(C)C(C)OCc1sccc1C#CCN. The van der Waals surface area contributed by atoms with E-state index in [1.54, 1.807) is 11.3 Å². The zero-order valence-electron chi connectivity index (χ0n) is 10.1. The van der Waals surface area contributed by atoms with Crippen LogP contribution in [0, 0.1) is 17.8 Å². The van der Waals surface area contributed by atoms with Crippen molar-refractivity contribution in [2.45, 2.75) is 33.5 Å². The van der Waals surface area contributed by atoms with Gasteiger partial charge in [0.2, 0.25) is 0 Å². The molecule has 1 rings (SSSR count). The van der Waals surface area contributed by atoms with Crippen LogP contribution in [0.3, 0.4) is 0 Å². The van der Waals surface area contributed by atoms with Crippen molar-refractivity contribution in [2.75, 3.05) is 6.54 Å². The van der Waals surface area contributed by atoms with Gasteiger partial charge in [-0.25, -0.2) is 0 Å². The van der Waals surface area contributed by atoms with Gasteiger partial charge in [-0.15, -0.1) is 11.3 Å². The molecule has 88 valence electrons. The minimum atomic E-state index is 0.275. The van der Waals surface area contributed by atoms with Gasteiger partial charge in [-0.1, -0.05) is 25.7 Å². The average molecular weight is 237 g/mol. The van der Waals surface area contributed by atoms with Crippen molar-refractivity contribution >= 4 is 11.3 Å². The normalized spacial score (nSPS) is 12.3. The van der Waals surface area contributed by atoms with E-state index in [2.05, 4.69) is 32.6 Å². The van der Waals surface area contributed by atoms with Gasteiger partial charge < -0.3 is 10.5 Å². The quantitative estimate of drug-likeness (QED) is 0.817. The summed E-state index contributed by atoms with van der Waals surface area (Å²) in [6.45, 7) is 7.47. The van der Waals surface area contributed by atoms with Crippen LogP contribution in [-0.2, 0) is 11.3 Å². The number of thiophene rings is 1. The molecular weight excluding hydrogens is 218 g/mol. The first-order chi connectivity index (χ1) is 7.65. The average Bonchev–Trinajstić information content (AvgIpc) is 2.70. The van der Waals surface area contributed by atoms with E-state index in [0.29, 0.717) is 19.1 Å². The summed E-state index contributed by atoms with van der Waals surface area (Å²) in [6.07, 6.45) is 0.275. The molecule has 0 bridgehead atoms. The zero-order valence-corrected chi connectivity index (χ0v) is 10.9. The second-order valence-corrected chi connectivity index (χ2v) is 5.02. The molecule has 1 heterocycles.